The molecule has 0 aliphatic rings. The van der Waals surface area contributed by atoms with Crippen LogP contribution in [0, 0.1) is 0 Å². The predicted octanol–water partition coefficient (Wildman–Crippen LogP) is 3.54. The third-order valence-corrected chi connectivity index (χ3v) is 5.00. The summed E-state index contributed by atoms with van der Waals surface area (Å²) in [5, 5.41) is 8.89. The molecule has 0 saturated carbocycles. The van der Waals surface area contributed by atoms with Crippen molar-refractivity contribution >= 4 is 17.4 Å². The molecular weight excluding hydrogens is 362 g/mol. The number of nitrogens with one attached hydrogen (secondary N) is 2. The Bertz CT molecular complexity index is 753. The van der Waals surface area contributed by atoms with E-state index in [2.05, 4.69) is 41.8 Å². The molecule has 27 heavy (non-hydrogen) atoms. The number of carbonyl (C=O) groups excluding carboxylic acids is 1. The van der Waals surface area contributed by atoms with E-state index in [9.17, 15) is 4.79 Å². The number of thiazole rings is 1. The van der Waals surface area contributed by atoms with E-state index < -0.39 is 0 Å². The summed E-state index contributed by atoms with van der Waals surface area (Å²) in [6, 6.07) is 5.60. The maximum absolute atomic E-state index is 11.9. The van der Waals surface area contributed by atoms with E-state index in [4.69, 9.17) is 9.47 Å². The van der Waals surface area contributed by atoms with Crippen molar-refractivity contribution in [1.82, 2.24) is 15.6 Å². The minimum Gasteiger partial charge on any atom is -0.493 e. The summed E-state index contributed by atoms with van der Waals surface area (Å²) >= 11 is 1.64. The highest BCUT2D eigenvalue weighted by Crippen LogP contribution is 2.27. The third-order valence-electron chi connectivity index (χ3n) is 4.09. The summed E-state index contributed by atoms with van der Waals surface area (Å²) in [4.78, 5) is 16.6. The predicted molar refractivity (Wildman–Crippen MR) is 109 cm³/mol. The standard InChI is InChI=1S/C20H29N3O3S/c1-20(2,3)17-13-27-18(23-17)9-11-22-19(24)21-10-8-14-6-7-15(25-4)16(12-14)26-5/h6-7,12-13H,8-11H2,1-5H3,(H2,21,22,24). The van der Waals surface area contributed by atoms with Crippen molar-refractivity contribution in [3.63, 3.8) is 0 Å². The van der Waals surface area contributed by atoms with Crippen LogP contribution in [-0.2, 0) is 18.3 Å². The molecule has 0 fully saturated rings. The molecular formula is C20H29N3O3S. The number of rotatable bonds is 8. The van der Waals surface area contributed by atoms with E-state index in [0.717, 1.165) is 29.1 Å². The van der Waals surface area contributed by atoms with Crippen LogP contribution in [0.3, 0.4) is 0 Å². The number of methoxy groups -OCH3 is 2. The SMILES string of the molecule is COc1ccc(CCNC(=O)NCCc2nc(C(C)(C)C)cs2)cc1OC. The van der Waals surface area contributed by atoms with Gasteiger partial charge in [-0.05, 0) is 24.1 Å². The molecule has 2 N–H and O–H groups in total. The Morgan fingerprint density at radius 2 is 1.74 bits per heavy atom. The molecule has 2 rings (SSSR count). The zero-order chi connectivity index (χ0) is 19.9. The average molecular weight is 392 g/mol. The van der Waals surface area contributed by atoms with Crippen LogP contribution in [0.2, 0.25) is 0 Å². The summed E-state index contributed by atoms with van der Waals surface area (Å²) in [6.45, 7) is 7.56. The zero-order valence-electron chi connectivity index (χ0n) is 16.7. The van der Waals surface area contributed by atoms with Crippen LogP contribution in [-0.4, -0.2) is 38.3 Å². The summed E-state index contributed by atoms with van der Waals surface area (Å²) in [5.74, 6) is 1.39. The normalized spacial score (nSPS) is 11.1. The molecule has 7 heteroatoms. The molecule has 2 amide bonds. The molecule has 0 unspecified atom stereocenters. The van der Waals surface area contributed by atoms with Crippen molar-refractivity contribution in [3.05, 3.63) is 39.8 Å². The Morgan fingerprint density at radius 3 is 2.33 bits per heavy atom. The second-order valence-electron chi connectivity index (χ2n) is 7.25. The molecule has 1 heterocycles. The fraction of sp³-hybridized carbons (Fsp3) is 0.500. The largest absolute Gasteiger partial charge is 0.493 e. The minimum atomic E-state index is -0.164. The lowest BCUT2D eigenvalue weighted by atomic mass is 9.93. The van der Waals surface area contributed by atoms with Crippen LogP contribution in [0.1, 0.15) is 37.0 Å². The molecule has 0 atom stereocenters. The second kappa shape index (κ2) is 9.60. The first kappa shape index (κ1) is 21.0. The number of aromatic nitrogens is 1. The van der Waals surface area contributed by atoms with Gasteiger partial charge in [-0.2, -0.15) is 0 Å². The minimum absolute atomic E-state index is 0.0592. The smallest absolute Gasteiger partial charge is 0.314 e. The molecule has 6 nitrogen and oxygen atoms in total. The van der Waals surface area contributed by atoms with Gasteiger partial charge in [-0.3, -0.25) is 0 Å². The highest BCUT2D eigenvalue weighted by molar-refractivity contribution is 7.09. The number of urea groups is 1. The Hall–Kier alpha value is -2.28. The Labute approximate surface area is 165 Å². The highest BCUT2D eigenvalue weighted by atomic mass is 32.1. The molecule has 0 bridgehead atoms. The average Bonchev–Trinajstić information content (AvgIpc) is 3.11. The van der Waals surface area contributed by atoms with Crippen molar-refractivity contribution in [2.75, 3.05) is 27.3 Å². The van der Waals surface area contributed by atoms with Crippen LogP contribution in [0.5, 0.6) is 11.5 Å². The van der Waals surface area contributed by atoms with Gasteiger partial charge in [0, 0.05) is 30.3 Å². The molecule has 0 radical (unpaired) electrons. The number of hydrogen-bond acceptors (Lipinski definition) is 5. The lowest BCUT2D eigenvalue weighted by Crippen LogP contribution is -2.37. The van der Waals surface area contributed by atoms with Gasteiger partial charge in [-0.15, -0.1) is 11.3 Å². The van der Waals surface area contributed by atoms with Crippen LogP contribution in [0.25, 0.3) is 0 Å². The summed E-state index contributed by atoms with van der Waals surface area (Å²) in [7, 11) is 3.22. The first-order valence-corrected chi connectivity index (χ1v) is 9.89. The van der Waals surface area contributed by atoms with E-state index in [0.29, 0.717) is 24.6 Å². The van der Waals surface area contributed by atoms with Crippen molar-refractivity contribution in [2.45, 2.75) is 39.0 Å². The number of carbonyl (C=O) groups is 1. The lowest BCUT2D eigenvalue weighted by molar-refractivity contribution is 0.241. The quantitative estimate of drug-likeness (QED) is 0.722. The number of benzene rings is 1. The topological polar surface area (TPSA) is 72.5 Å². The molecule has 2 aromatic rings. The molecule has 0 aliphatic heterocycles. The van der Waals surface area contributed by atoms with Crippen LogP contribution in [0.4, 0.5) is 4.79 Å². The third kappa shape index (κ3) is 6.43. The van der Waals surface area contributed by atoms with Crippen molar-refractivity contribution < 1.29 is 14.3 Å². The Kier molecular flexibility index (Phi) is 7.47. The van der Waals surface area contributed by atoms with Crippen LogP contribution < -0.4 is 20.1 Å². The molecule has 1 aromatic heterocycles. The van der Waals surface area contributed by atoms with E-state index in [1.54, 1.807) is 25.6 Å². The summed E-state index contributed by atoms with van der Waals surface area (Å²) in [5.41, 5.74) is 2.23. The molecule has 0 aliphatic carbocycles. The fourth-order valence-corrected chi connectivity index (χ4v) is 3.50. The van der Waals surface area contributed by atoms with Gasteiger partial charge in [-0.25, -0.2) is 9.78 Å². The fourth-order valence-electron chi connectivity index (χ4n) is 2.47. The van der Waals surface area contributed by atoms with E-state index in [1.165, 1.54) is 0 Å². The van der Waals surface area contributed by atoms with E-state index in [-0.39, 0.29) is 11.4 Å². The van der Waals surface area contributed by atoms with Gasteiger partial charge in [0.1, 0.15) is 0 Å². The maximum atomic E-state index is 11.9. The van der Waals surface area contributed by atoms with Crippen molar-refractivity contribution in [3.8, 4) is 11.5 Å². The second-order valence-corrected chi connectivity index (χ2v) is 8.19. The van der Waals surface area contributed by atoms with Gasteiger partial charge in [0.15, 0.2) is 11.5 Å². The summed E-state index contributed by atoms with van der Waals surface area (Å²) in [6.07, 6.45) is 1.46. The first-order valence-electron chi connectivity index (χ1n) is 9.01. The molecule has 1 aromatic carbocycles. The molecule has 0 saturated heterocycles. The van der Waals surface area contributed by atoms with Crippen molar-refractivity contribution in [2.24, 2.45) is 0 Å². The first-order chi connectivity index (χ1) is 12.8. The van der Waals surface area contributed by atoms with Gasteiger partial charge < -0.3 is 20.1 Å². The van der Waals surface area contributed by atoms with Gasteiger partial charge in [0.05, 0.1) is 24.9 Å². The van der Waals surface area contributed by atoms with Gasteiger partial charge >= 0.3 is 6.03 Å². The number of ether oxygens (including phenoxy) is 2. The van der Waals surface area contributed by atoms with Gasteiger partial charge in [0.2, 0.25) is 0 Å². The van der Waals surface area contributed by atoms with Gasteiger partial charge in [0.25, 0.3) is 0 Å². The van der Waals surface area contributed by atoms with Crippen LogP contribution in [0.15, 0.2) is 23.6 Å². The summed E-state index contributed by atoms with van der Waals surface area (Å²) < 4.78 is 10.5. The number of amides is 2. The Balaban J connectivity index is 1.70. The van der Waals surface area contributed by atoms with Gasteiger partial charge in [-0.1, -0.05) is 26.8 Å². The molecule has 0 spiro atoms. The number of hydrogen-bond donors (Lipinski definition) is 2. The maximum Gasteiger partial charge on any atom is 0.314 e. The highest BCUT2D eigenvalue weighted by Gasteiger charge is 2.17. The van der Waals surface area contributed by atoms with E-state index >= 15 is 0 Å². The van der Waals surface area contributed by atoms with Crippen molar-refractivity contribution in [1.29, 1.82) is 0 Å². The number of nitrogens with zero attached hydrogens (tertiary/aromatic N) is 1. The lowest BCUT2D eigenvalue weighted by Gasteiger charge is -2.14. The Morgan fingerprint density at radius 1 is 1.07 bits per heavy atom. The van der Waals surface area contributed by atoms with E-state index in [1.807, 2.05) is 18.2 Å². The molecule has 148 valence electrons. The monoisotopic (exact) mass is 391 g/mol. The van der Waals surface area contributed by atoms with Crippen LogP contribution >= 0.6 is 11.3 Å². The zero-order valence-corrected chi connectivity index (χ0v) is 17.5.